The van der Waals surface area contributed by atoms with Crippen LogP contribution in [0.3, 0.4) is 0 Å². The summed E-state index contributed by atoms with van der Waals surface area (Å²) in [5.74, 6) is -0.675. The fraction of sp³-hybridized carbons (Fsp3) is 0.909. The molecule has 0 aromatic rings. The molecule has 3 nitrogen and oxygen atoms in total. The fourth-order valence-electron chi connectivity index (χ4n) is 0.861. The zero-order valence-corrected chi connectivity index (χ0v) is 9.46. The van der Waals surface area contributed by atoms with E-state index in [9.17, 15) is 4.79 Å². The first-order valence-electron chi connectivity index (χ1n) is 5.51. The van der Waals surface area contributed by atoms with Crippen LogP contribution in [0.4, 0.5) is 0 Å². The second-order valence-electron chi connectivity index (χ2n) is 3.28. The van der Waals surface area contributed by atoms with Crippen molar-refractivity contribution in [2.45, 2.75) is 58.8 Å². The van der Waals surface area contributed by atoms with Gasteiger partial charge in [0.15, 0.2) is 0 Å². The van der Waals surface area contributed by atoms with E-state index in [0.717, 1.165) is 32.1 Å². The van der Waals surface area contributed by atoms with E-state index >= 15 is 0 Å². The van der Waals surface area contributed by atoms with Gasteiger partial charge in [-0.3, -0.25) is 4.79 Å². The lowest BCUT2D eigenvalue weighted by molar-refractivity contribution is -0.137. The third kappa shape index (κ3) is 22.5. The van der Waals surface area contributed by atoms with Gasteiger partial charge in [0.05, 0.1) is 0 Å². The number of carbonyl (C=O) groups is 1. The van der Waals surface area contributed by atoms with E-state index in [-0.39, 0.29) is 0 Å². The van der Waals surface area contributed by atoms with Gasteiger partial charge in [-0.15, -0.1) is 0 Å². The highest BCUT2D eigenvalue weighted by molar-refractivity contribution is 5.66. The molecule has 3 heteroatoms. The predicted molar refractivity (Wildman–Crippen MR) is 58.4 cm³/mol. The molecule has 0 spiro atoms. The minimum Gasteiger partial charge on any atom is -0.481 e. The second kappa shape index (κ2) is 14.9. The molecule has 14 heavy (non-hydrogen) atoms. The highest BCUT2D eigenvalue weighted by Crippen LogP contribution is 2.01. The smallest absolute Gasteiger partial charge is 0.303 e. The van der Waals surface area contributed by atoms with Crippen molar-refractivity contribution >= 4 is 5.97 Å². The topological polar surface area (TPSA) is 57.5 Å². The van der Waals surface area contributed by atoms with Gasteiger partial charge < -0.3 is 10.2 Å². The zero-order chi connectivity index (χ0) is 11.2. The molecule has 0 atom stereocenters. The molecule has 0 amide bonds. The number of hydrogen-bond acceptors (Lipinski definition) is 2. The third-order valence-corrected chi connectivity index (χ3v) is 1.76. The summed E-state index contributed by atoms with van der Waals surface area (Å²) in [4.78, 5) is 9.96. The van der Waals surface area contributed by atoms with Crippen LogP contribution in [0.2, 0.25) is 0 Å². The SMILES string of the molecule is CCCCCCC(=O)O.CCCCO. The zero-order valence-electron chi connectivity index (χ0n) is 9.46. The van der Waals surface area contributed by atoms with Gasteiger partial charge in [-0.2, -0.15) is 0 Å². The predicted octanol–water partition coefficient (Wildman–Crippen LogP) is 2.82. The number of aliphatic hydroxyl groups is 1. The van der Waals surface area contributed by atoms with Crippen LogP contribution in [-0.2, 0) is 4.79 Å². The Hall–Kier alpha value is -0.570. The van der Waals surface area contributed by atoms with Gasteiger partial charge in [0.25, 0.3) is 0 Å². The number of aliphatic carboxylic acids is 1. The van der Waals surface area contributed by atoms with Gasteiger partial charge in [-0.25, -0.2) is 0 Å². The van der Waals surface area contributed by atoms with Gasteiger partial charge >= 0.3 is 5.97 Å². The summed E-state index contributed by atoms with van der Waals surface area (Å²) in [5.41, 5.74) is 0. The van der Waals surface area contributed by atoms with Gasteiger partial charge in [-0.1, -0.05) is 39.5 Å². The van der Waals surface area contributed by atoms with Crippen molar-refractivity contribution in [3.63, 3.8) is 0 Å². The summed E-state index contributed by atoms with van der Waals surface area (Å²) >= 11 is 0. The molecule has 0 saturated carbocycles. The normalized spacial score (nSPS) is 9.07. The Labute approximate surface area is 87.1 Å². The molecule has 0 heterocycles. The number of rotatable bonds is 7. The van der Waals surface area contributed by atoms with E-state index in [1.807, 2.05) is 0 Å². The maximum absolute atomic E-state index is 9.96. The average molecular weight is 204 g/mol. The van der Waals surface area contributed by atoms with Gasteiger partial charge in [0.1, 0.15) is 0 Å². The number of carboxylic acid groups (broad SMARTS) is 1. The number of unbranched alkanes of at least 4 members (excludes halogenated alkanes) is 4. The minimum atomic E-state index is -0.675. The van der Waals surface area contributed by atoms with Crippen LogP contribution >= 0.6 is 0 Å². The van der Waals surface area contributed by atoms with Crippen LogP contribution in [0.15, 0.2) is 0 Å². The molecule has 0 aliphatic heterocycles. The first-order chi connectivity index (χ1) is 6.68. The van der Waals surface area contributed by atoms with Gasteiger partial charge in [-0.05, 0) is 12.8 Å². The van der Waals surface area contributed by atoms with Crippen molar-refractivity contribution in [2.75, 3.05) is 6.61 Å². The molecule has 0 aliphatic rings. The Morgan fingerprint density at radius 3 is 1.86 bits per heavy atom. The van der Waals surface area contributed by atoms with Crippen LogP contribution in [0, 0.1) is 0 Å². The molecule has 0 aromatic heterocycles. The highest BCUT2D eigenvalue weighted by Gasteiger charge is 1.93. The molecular formula is C11H24O3. The molecule has 0 fully saturated rings. The molecule has 0 unspecified atom stereocenters. The monoisotopic (exact) mass is 204 g/mol. The van der Waals surface area contributed by atoms with Crippen molar-refractivity contribution in [2.24, 2.45) is 0 Å². The molecule has 86 valence electrons. The maximum Gasteiger partial charge on any atom is 0.303 e. The summed E-state index contributed by atoms with van der Waals surface area (Å²) < 4.78 is 0. The molecule has 2 N–H and O–H groups in total. The first kappa shape index (κ1) is 15.9. The van der Waals surface area contributed by atoms with Gasteiger partial charge in [0, 0.05) is 13.0 Å². The molecule has 0 bridgehead atoms. The van der Waals surface area contributed by atoms with E-state index in [2.05, 4.69) is 13.8 Å². The van der Waals surface area contributed by atoms with E-state index in [4.69, 9.17) is 10.2 Å². The van der Waals surface area contributed by atoms with E-state index in [1.165, 1.54) is 6.42 Å². The van der Waals surface area contributed by atoms with Crippen LogP contribution < -0.4 is 0 Å². The summed E-state index contributed by atoms with van der Waals surface area (Å²) in [5, 5.41) is 16.3. The summed E-state index contributed by atoms with van der Waals surface area (Å²) in [6, 6.07) is 0. The Balaban J connectivity index is 0. The fourth-order valence-corrected chi connectivity index (χ4v) is 0.861. The summed E-state index contributed by atoms with van der Waals surface area (Å²) in [7, 11) is 0. The lowest BCUT2D eigenvalue weighted by atomic mass is 10.2. The number of hydrogen-bond donors (Lipinski definition) is 2. The molecule has 0 aliphatic carbocycles. The average Bonchev–Trinajstić information content (AvgIpc) is 2.15. The Kier molecular flexibility index (Phi) is 16.9. The van der Waals surface area contributed by atoms with Gasteiger partial charge in [0.2, 0.25) is 0 Å². The molecule has 0 radical (unpaired) electrons. The van der Waals surface area contributed by atoms with Crippen LogP contribution in [0.1, 0.15) is 58.8 Å². The summed E-state index contributed by atoms with van der Waals surface area (Å²) in [6.07, 6.45) is 6.59. The van der Waals surface area contributed by atoms with Crippen molar-refractivity contribution in [1.29, 1.82) is 0 Å². The molecule has 0 rings (SSSR count). The van der Waals surface area contributed by atoms with Crippen LogP contribution in [-0.4, -0.2) is 22.8 Å². The van der Waals surface area contributed by atoms with Crippen molar-refractivity contribution < 1.29 is 15.0 Å². The Morgan fingerprint density at radius 1 is 1.00 bits per heavy atom. The molecular weight excluding hydrogens is 180 g/mol. The maximum atomic E-state index is 9.96. The molecule has 0 saturated heterocycles. The van der Waals surface area contributed by atoms with E-state index < -0.39 is 5.97 Å². The van der Waals surface area contributed by atoms with Crippen molar-refractivity contribution in [3.8, 4) is 0 Å². The van der Waals surface area contributed by atoms with E-state index in [0.29, 0.717) is 13.0 Å². The van der Waals surface area contributed by atoms with Crippen molar-refractivity contribution in [3.05, 3.63) is 0 Å². The number of carboxylic acids is 1. The quantitative estimate of drug-likeness (QED) is 0.627. The lowest BCUT2D eigenvalue weighted by Crippen LogP contribution is -1.92. The third-order valence-electron chi connectivity index (χ3n) is 1.76. The van der Waals surface area contributed by atoms with Crippen LogP contribution in [0.25, 0.3) is 0 Å². The summed E-state index contributed by atoms with van der Waals surface area (Å²) in [6.45, 7) is 4.51. The van der Waals surface area contributed by atoms with Crippen molar-refractivity contribution in [1.82, 2.24) is 0 Å². The minimum absolute atomic E-state index is 0.333. The Morgan fingerprint density at radius 2 is 1.57 bits per heavy atom. The lowest BCUT2D eigenvalue weighted by Gasteiger charge is -1.92. The first-order valence-corrected chi connectivity index (χ1v) is 5.51. The van der Waals surface area contributed by atoms with Crippen LogP contribution in [0.5, 0.6) is 0 Å². The Bertz CT molecular complexity index is 111. The molecule has 0 aromatic carbocycles. The number of aliphatic hydroxyl groups excluding tert-OH is 1. The second-order valence-corrected chi connectivity index (χ2v) is 3.28. The van der Waals surface area contributed by atoms with E-state index in [1.54, 1.807) is 0 Å². The largest absolute Gasteiger partial charge is 0.481 e. The standard InChI is InChI=1S/C7H14O2.C4H10O/c1-2-3-4-5-6-7(8)9;1-2-3-4-5/h2-6H2,1H3,(H,8,9);5H,2-4H2,1H3. The highest BCUT2D eigenvalue weighted by atomic mass is 16.4.